The van der Waals surface area contributed by atoms with E-state index in [9.17, 15) is 13.2 Å². The number of nitrogens with one attached hydrogen (secondary N) is 1. The van der Waals surface area contributed by atoms with Gasteiger partial charge in [0, 0.05) is 16.5 Å². The summed E-state index contributed by atoms with van der Waals surface area (Å²) in [6.45, 7) is 0. The van der Waals surface area contributed by atoms with Crippen LogP contribution in [0.2, 0.25) is 5.15 Å². The second-order valence-corrected chi connectivity index (χ2v) is 6.54. The van der Waals surface area contributed by atoms with Crippen molar-refractivity contribution in [3.63, 3.8) is 0 Å². The number of rotatable bonds is 4. The molecular formula is C18H13ClF3N3S. The van der Waals surface area contributed by atoms with Crippen LogP contribution in [0.3, 0.4) is 0 Å². The highest BCUT2D eigenvalue weighted by molar-refractivity contribution is 7.98. The quantitative estimate of drug-likeness (QED) is 0.416. The summed E-state index contributed by atoms with van der Waals surface area (Å²) < 4.78 is 38.8. The minimum Gasteiger partial charge on any atom is -0.339 e. The van der Waals surface area contributed by atoms with E-state index in [-0.39, 0.29) is 16.5 Å². The zero-order chi connectivity index (χ0) is 18.7. The molecule has 3 nitrogen and oxygen atoms in total. The fourth-order valence-electron chi connectivity index (χ4n) is 2.33. The van der Waals surface area contributed by atoms with E-state index in [2.05, 4.69) is 15.3 Å². The predicted octanol–water partition coefficient (Wildman–Crippen LogP) is 6.28. The number of benzene rings is 2. The molecule has 1 aromatic heterocycles. The predicted molar refractivity (Wildman–Crippen MR) is 99.0 cm³/mol. The van der Waals surface area contributed by atoms with E-state index in [4.69, 9.17) is 11.6 Å². The molecule has 0 aliphatic heterocycles. The molecule has 0 spiro atoms. The Morgan fingerprint density at radius 1 is 1.00 bits per heavy atom. The average Bonchev–Trinajstić information content (AvgIpc) is 2.61. The molecule has 1 heterocycles. The molecule has 2 aromatic carbocycles. The summed E-state index contributed by atoms with van der Waals surface area (Å²) in [6.07, 6.45) is -2.49. The Morgan fingerprint density at radius 2 is 1.77 bits per heavy atom. The maximum absolute atomic E-state index is 12.9. The topological polar surface area (TPSA) is 37.8 Å². The first-order valence-corrected chi connectivity index (χ1v) is 9.09. The van der Waals surface area contributed by atoms with Crippen molar-refractivity contribution in [2.24, 2.45) is 0 Å². The lowest BCUT2D eigenvalue weighted by atomic mass is 10.1. The standard InChI is InChI=1S/C18H13ClF3N3S/c1-26-14-8-3-2-7-13(14)23-16-10-15(19)24-17(25-16)11-5-4-6-12(9-11)18(20,21)22/h2-10H,1H3,(H,23,24,25). The fraction of sp³-hybridized carbons (Fsp3) is 0.111. The molecule has 0 unspecified atom stereocenters. The van der Waals surface area contributed by atoms with Crippen LogP contribution in [0.25, 0.3) is 11.4 Å². The van der Waals surface area contributed by atoms with Crippen molar-refractivity contribution in [1.82, 2.24) is 9.97 Å². The van der Waals surface area contributed by atoms with Crippen LogP contribution in [-0.4, -0.2) is 16.2 Å². The Kier molecular flexibility index (Phi) is 5.38. The van der Waals surface area contributed by atoms with Crippen molar-refractivity contribution < 1.29 is 13.2 Å². The molecule has 0 bridgehead atoms. The Morgan fingerprint density at radius 3 is 2.50 bits per heavy atom. The zero-order valence-corrected chi connectivity index (χ0v) is 15.1. The van der Waals surface area contributed by atoms with Crippen LogP contribution in [0.1, 0.15) is 5.56 Å². The first kappa shape index (κ1) is 18.5. The number of nitrogens with zero attached hydrogens (tertiary/aromatic N) is 2. The minimum absolute atomic E-state index is 0.118. The van der Waals surface area contributed by atoms with Crippen molar-refractivity contribution >= 4 is 34.9 Å². The van der Waals surface area contributed by atoms with Crippen molar-refractivity contribution in [3.8, 4) is 11.4 Å². The molecule has 26 heavy (non-hydrogen) atoms. The molecule has 8 heteroatoms. The maximum Gasteiger partial charge on any atom is 0.416 e. The zero-order valence-electron chi connectivity index (χ0n) is 13.5. The summed E-state index contributed by atoms with van der Waals surface area (Å²) in [7, 11) is 0. The first-order chi connectivity index (χ1) is 12.4. The third-order valence-electron chi connectivity index (χ3n) is 3.51. The second-order valence-electron chi connectivity index (χ2n) is 5.30. The molecular weight excluding hydrogens is 383 g/mol. The van der Waals surface area contributed by atoms with Gasteiger partial charge in [0.25, 0.3) is 0 Å². The lowest BCUT2D eigenvalue weighted by Crippen LogP contribution is -2.05. The van der Waals surface area contributed by atoms with Gasteiger partial charge in [-0.05, 0) is 30.5 Å². The van der Waals surface area contributed by atoms with Gasteiger partial charge < -0.3 is 5.32 Å². The van der Waals surface area contributed by atoms with Crippen LogP contribution >= 0.6 is 23.4 Å². The van der Waals surface area contributed by atoms with E-state index >= 15 is 0 Å². The van der Waals surface area contributed by atoms with E-state index < -0.39 is 11.7 Å². The van der Waals surface area contributed by atoms with Gasteiger partial charge in [-0.1, -0.05) is 35.9 Å². The van der Waals surface area contributed by atoms with E-state index in [0.717, 1.165) is 22.7 Å². The summed E-state index contributed by atoms with van der Waals surface area (Å²) in [5.41, 5.74) is 0.300. The van der Waals surface area contributed by atoms with Crippen LogP contribution in [0.5, 0.6) is 0 Å². The second kappa shape index (κ2) is 7.55. The number of hydrogen-bond acceptors (Lipinski definition) is 4. The Hall–Kier alpha value is -2.25. The Bertz CT molecular complexity index is 932. The van der Waals surface area contributed by atoms with Gasteiger partial charge >= 0.3 is 6.18 Å². The fourth-order valence-corrected chi connectivity index (χ4v) is 3.07. The Labute approximate surface area is 157 Å². The molecule has 0 fully saturated rings. The van der Waals surface area contributed by atoms with Gasteiger partial charge in [-0.25, -0.2) is 9.97 Å². The number of aromatic nitrogens is 2. The van der Waals surface area contributed by atoms with Gasteiger partial charge in [-0.15, -0.1) is 11.8 Å². The van der Waals surface area contributed by atoms with Gasteiger partial charge in [0.1, 0.15) is 11.0 Å². The first-order valence-electron chi connectivity index (χ1n) is 7.49. The normalized spacial score (nSPS) is 11.4. The monoisotopic (exact) mass is 395 g/mol. The largest absolute Gasteiger partial charge is 0.416 e. The third kappa shape index (κ3) is 4.28. The van der Waals surface area contributed by atoms with Crippen molar-refractivity contribution in [2.45, 2.75) is 11.1 Å². The van der Waals surface area contributed by atoms with Crippen LogP contribution in [0, 0.1) is 0 Å². The Balaban J connectivity index is 1.98. The average molecular weight is 396 g/mol. The smallest absolute Gasteiger partial charge is 0.339 e. The van der Waals surface area contributed by atoms with Gasteiger partial charge in [-0.2, -0.15) is 13.2 Å². The van der Waals surface area contributed by atoms with Crippen LogP contribution in [0.15, 0.2) is 59.5 Å². The highest BCUT2D eigenvalue weighted by Gasteiger charge is 2.30. The van der Waals surface area contributed by atoms with Crippen LogP contribution < -0.4 is 5.32 Å². The SMILES string of the molecule is CSc1ccccc1Nc1cc(Cl)nc(-c2cccc(C(F)(F)F)c2)n1. The molecule has 0 aliphatic rings. The van der Waals surface area contributed by atoms with E-state index in [1.807, 2.05) is 30.5 Å². The molecule has 3 rings (SSSR count). The molecule has 0 radical (unpaired) electrons. The lowest BCUT2D eigenvalue weighted by Gasteiger charge is -2.12. The van der Waals surface area contributed by atoms with Crippen LogP contribution in [-0.2, 0) is 6.18 Å². The highest BCUT2D eigenvalue weighted by atomic mass is 35.5. The number of alkyl halides is 3. The molecule has 134 valence electrons. The van der Waals surface area contributed by atoms with Crippen molar-refractivity contribution in [1.29, 1.82) is 0 Å². The van der Waals surface area contributed by atoms with Crippen LogP contribution in [0.4, 0.5) is 24.7 Å². The number of hydrogen-bond donors (Lipinski definition) is 1. The maximum atomic E-state index is 12.9. The molecule has 1 N–H and O–H groups in total. The summed E-state index contributed by atoms with van der Waals surface area (Å²) in [5.74, 6) is 0.520. The van der Waals surface area contributed by atoms with E-state index in [0.29, 0.717) is 5.82 Å². The molecule has 0 amide bonds. The van der Waals surface area contributed by atoms with Gasteiger partial charge in [-0.3, -0.25) is 0 Å². The van der Waals surface area contributed by atoms with Gasteiger partial charge in [0.05, 0.1) is 11.3 Å². The van der Waals surface area contributed by atoms with Crippen molar-refractivity contribution in [3.05, 3.63) is 65.3 Å². The molecule has 0 saturated carbocycles. The van der Waals surface area contributed by atoms with E-state index in [1.165, 1.54) is 18.2 Å². The van der Waals surface area contributed by atoms with Crippen molar-refractivity contribution in [2.75, 3.05) is 11.6 Å². The third-order valence-corrected chi connectivity index (χ3v) is 4.50. The molecule has 3 aromatic rings. The van der Waals surface area contributed by atoms with E-state index in [1.54, 1.807) is 11.8 Å². The molecule has 0 atom stereocenters. The summed E-state index contributed by atoms with van der Waals surface area (Å²) >= 11 is 7.61. The van der Waals surface area contributed by atoms with Gasteiger partial charge in [0.2, 0.25) is 0 Å². The number of para-hydroxylation sites is 1. The number of halogens is 4. The summed E-state index contributed by atoms with van der Waals surface area (Å²) in [5, 5.41) is 3.28. The summed E-state index contributed by atoms with van der Waals surface area (Å²) in [4.78, 5) is 9.37. The number of thioether (sulfide) groups is 1. The number of anilines is 2. The highest BCUT2D eigenvalue weighted by Crippen LogP contribution is 2.32. The molecule has 0 aliphatic carbocycles. The summed E-state index contributed by atoms with van der Waals surface area (Å²) in [6, 6.07) is 14.0. The molecule has 0 saturated heterocycles. The lowest BCUT2D eigenvalue weighted by molar-refractivity contribution is -0.137. The minimum atomic E-state index is -4.44. The van der Waals surface area contributed by atoms with Gasteiger partial charge in [0.15, 0.2) is 5.82 Å².